The molecule has 1 aliphatic heterocycles. The number of nitrogens with zero attached hydrogens (tertiary/aromatic N) is 1. The summed E-state index contributed by atoms with van der Waals surface area (Å²) in [5.74, 6) is -0.399. The number of amides is 1. The highest BCUT2D eigenvalue weighted by atomic mass is 16.5. The van der Waals surface area contributed by atoms with Crippen molar-refractivity contribution in [2.45, 2.75) is 6.10 Å². The van der Waals surface area contributed by atoms with Gasteiger partial charge in [0, 0.05) is 37.9 Å². The van der Waals surface area contributed by atoms with Gasteiger partial charge in [-0.3, -0.25) is 4.79 Å². The number of benzene rings is 1. The molecule has 1 aromatic carbocycles. The van der Waals surface area contributed by atoms with Gasteiger partial charge in [0.05, 0.1) is 12.7 Å². The van der Waals surface area contributed by atoms with Gasteiger partial charge in [-0.25, -0.2) is 0 Å². The smallest absolute Gasteiger partial charge is 0.248 e. The van der Waals surface area contributed by atoms with Gasteiger partial charge in [-0.15, -0.1) is 0 Å². The minimum absolute atomic E-state index is 0.208. The van der Waals surface area contributed by atoms with E-state index in [0.717, 1.165) is 31.9 Å². The van der Waals surface area contributed by atoms with E-state index in [2.05, 4.69) is 10.2 Å². The Morgan fingerprint density at radius 1 is 1.50 bits per heavy atom. The first kappa shape index (κ1) is 12.9. The van der Waals surface area contributed by atoms with Crippen LogP contribution in [0.3, 0.4) is 0 Å². The van der Waals surface area contributed by atoms with E-state index in [1.165, 1.54) is 0 Å². The van der Waals surface area contributed by atoms with Crippen LogP contribution in [0.2, 0.25) is 0 Å². The molecule has 0 saturated carbocycles. The van der Waals surface area contributed by atoms with Crippen LogP contribution in [0, 0.1) is 0 Å². The van der Waals surface area contributed by atoms with E-state index in [1.807, 2.05) is 19.2 Å². The molecule has 1 aromatic rings. The van der Waals surface area contributed by atoms with Gasteiger partial charge in [0.1, 0.15) is 0 Å². The van der Waals surface area contributed by atoms with Crippen molar-refractivity contribution in [3.05, 3.63) is 29.8 Å². The number of anilines is 1. The number of hydrogen-bond donors (Lipinski definition) is 2. The maximum Gasteiger partial charge on any atom is 0.248 e. The molecule has 0 radical (unpaired) electrons. The summed E-state index contributed by atoms with van der Waals surface area (Å²) in [6.45, 7) is 3.39. The average molecular weight is 249 g/mol. The Morgan fingerprint density at radius 3 is 2.78 bits per heavy atom. The molecule has 2 rings (SSSR count). The maximum absolute atomic E-state index is 11.0. The van der Waals surface area contributed by atoms with Crippen LogP contribution in [0.15, 0.2) is 24.3 Å². The van der Waals surface area contributed by atoms with Gasteiger partial charge >= 0.3 is 0 Å². The first-order valence-corrected chi connectivity index (χ1v) is 6.10. The molecule has 5 heteroatoms. The van der Waals surface area contributed by atoms with Gasteiger partial charge < -0.3 is 20.7 Å². The van der Waals surface area contributed by atoms with Crippen LogP contribution >= 0.6 is 0 Å². The molecule has 5 nitrogen and oxygen atoms in total. The highest BCUT2D eigenvalue weighted by molar-refractivity contribution is 5.93. The Hall–Kier alpha value is -1.59. The molecular formula is C13H19N3O2. The third kappa shape index (κ3) is 3.21. The number of ether oxygens (including phenoxy) is 1. The van der Waals surface area contributed by atoms with Crippen molar-refractivity contribution in [2.24, 2.45) is 5.73 Å². The largest absolute Gasteiger partial charge is 0.374 e. The predicted molar refractivity (Wildman–Crippen MR) is 70.8 cm³/mol. The van der Waals surface area contributed by atoms with Crippen LogP contribution in [-0.4, -0.2) is 45.3 Å². The van der Waals surface area contributed by atoms with Gasteiger partial charge in [0.25, 0.3) is 0 Å². The Bertz CT molecular complexity index is 399. The number of likely N-dealkylation sites (N-methyl/N-ethyl adjacent to an activating group) is 1. The van der Waals surface area contributed by atoms with E-state index in [9.17, 15) is 4.79 Å². The molecular weight excluding hydrogens is 230 g/mol. The Kier molecular flexibility index (Phi) is 4.17. The van der Waals surface area contributed by atoms with E-state index in [0.29, 0.717) is 5.56 Å². The van der Waals surface area contributed by atoms with Crippen LogP contribution in [0.5, 0.6) is 0 Å². The zero-order chi connectivity index (χ0) is 13.0. The van der Waals surface area contributed by atoms with Crippen LogP contribution in [0.1, 0.15) is 10.4 Å². The van der Waals surface area contributed by atoms with Crippen molar-refractivity contribution in [3.63, 3.8) is 0 Å². The number of nitrogens with two attached hydrogens (primary N) is 1. The third-order valence-electron chi connectivity index (χ3n) is 3.07. The molecule has 98 valence electrons. The highest BCUT2D eigenvalue weighted by Crippen LogP contribution is 2.14. The molecule has 1 saturated heterocycles. The van der Waals surface area contributed by atoms with Crippen LogP contribution in [0.4, 0.5) is 5.69 Å². The van der Waals surface area contributed by atoms with Crippen molar-refractivity contribution in [1.29, 1.82) is 0 Å². The summed E-state index contributed by atoms with van der Waals surface area (Å²) in [7, 11) is 2.01. The lowest BCUT2D eigenvalue weighted by Crippen LogP contribution is -2.44. The zero-order valence-corrected chi connectivity index (χ0v) is 10.6. The van der Waals surface area contributed by atoms with Crippen molar-refractivity contribution in [1.82, 2.24) is 5.32 Å². The molecule has 1 heterocycles. The molecule has 1 fully saturated rings. The summed E-state index contributed by atoms with van der Waals surface area (Å²) in [5.41, 5.74) is 6.79. The highest BCUT2D eigenvalue weighted by Gasteiger charge is 2.15. The first-order valence-electron chi connectivity index (χ1n) is 6.10. The number of carbonyl (C=O) groups excluding carboxylic acids is 1. The fourth-order valence-corrected chi connectivity index (χ4v) is 2.03. The molecule has 0 spiro atoms. The summed E-state index contributed by atoms with van der Waals surface area (Å²) in [6.07, 6.45) is 0.208. The molecule has 3 N–H and O–H groups in total. The number of carbonyl (C=O) groups is 1. The topological polar surface area (TPSA) is 67.6 Å². The summed E-state index contributed by atoms with van der Waals surface area (Å²) in [5, 5.41) is 3.30. The Balaban J connectivity index is 1.95. The SMILES string of the molecule is CN(CC1CNCCO1)c1ccc(C(N)=O)cc1. The average Bonchev–Trinajstić information content (AvgIpc) is 2.40. The predicted octanol–water partition coefficient (Wildman–Crippen LogP) is 0.210. The van der Waals surface area contributed by atoms with Gasteiger partial charge in [0.2, 0.25) is 5.91 Å². The number of morpholine rings is 1. The zero-order valence-electron chi connectivity index (χ0n) is 10.6. The normalized spacial score (nSPS) is 19.5. The number of rotatable bonds is 4. The standard InChI is InChI=1S/C13H19N3O2/c1-16(9-12-8-15-6-7-18-12)11-4-2-10(3-5-11)13(14)17/h2-5,12,15H,6-9H2,1H3,(H2,14,17). The quantitative estimate of drug-likeness (QED) is 0.800. The van der Waals surface area contributed by atoms with E-state index in [-0.39, 0.29) is 6.10 Å². The molecule has 0 aliphatic carbocycles. The van der Waals surface area contributed by atoms with Gasteiger partial charge in [-0.1, -0.05) is 0 Å². The van der Waals surface area contributed by atoms with Crippen LogP contribution in [0.25, 0.3) is 0 Å². The van der Waals surface area contributed by atoms with E-state index in [1.54, 1.807) is 12.1 Å². The van der Waals surface area contributed by atoms with Crippen LogP contribution in [-0.2, 0) is 4.74 Å². The lowest BCUT2D eigenvalue weighted by molar-refractivity contribution is 0.0340. The Labute approximate surface area is 107 Å². The summed E-state index contributed by atoms with van der Waals surface area (Å²) < 4.78 is 5.65. The Morgan fingerprint density at radius 2 is 2.22 bits per heavy atom. The van der Waals surface area contributed by atoms with Crippen molar-refractivity contribution >= 4 is 11.6 Å². The third-order valence-corrected chi connectivity index (χ3v) is 3.07. The second-order valence-corrected chi connectivity index (χ2v) is 4.49. The van der Waals surface area contributed by atoms with Crippen molar-refractivity contribution < 1.29 is 9.53 Å². The lowest BCUT2D eigenvalue weighted by Gasteiger charge is -2.29. The lowest BCUT2D eigenvalue weighted by atomic mass is 10.2. The van der Waals surface area contributed by atoms with E-state index >= 15 is 0 Å². The molecule has 1 atom stereocenters. The van der Waals surface area contributed by atoms with E-state index in [4.69, 9.17) is 10.5 Å². The molecule has 1 unspecified atom stereocenters. The fraction of sp³-hybridized carbons (Fsp3) is 0.462. The fourth-order valence-electron chi connectivity index (χ4n) is 2.03. The van der Waals surface area contributed by atoms with Crippen LogP contribution < -0.4 is 16.0 Å². The summed E-state index contributed by atoms with van der Waals surface area (Å²) in [4.78, 5) is 13.1. The summed E-state index contributed by atoms with van der Waals surface area (Å²) in [6, 6.07) is 7.29. The second-order valence-electron chi connectivity index (χ2n) is 4.49. The van der Waals surface area contributed by atoms with Gasteiger partial charge in [-0.05, 0) is 24.3 Å². The molecule has 18 heavy (non-hydrogen) atoms. The first-order chi connectivity index (χ1) is 8.66. The maximum atomic E-state index is 11.0. The minimum Gasteiger partial charge on any atom is -0.374 e. The minimum atomic E-state index is -0.399. The number of nitrogens with one attached hydrogen (secondary N) is 1. The molecule has 1 amide bonds. The van der Waals surface area contributed by atoms with E-state index < -0.39 is 5.91 Å². The monoisotopic (exact) mass is 249 g/mol. The second kappa shape index (κ2) is 5.84. The van der Waals surface area contributed by atoms with Gasteiger partial charge in [-0.2, -0.15) is 0 Å². The molecule has 0 aromatic heterocycles. The van der Waals surface area contributed by atoms with Crippen molar-refractivity contribution in [2.75, 3.05) is 38.2 Å². The molecule has 1 aliphatic rings. The van der Waals surface area contributed by atoms with Crippen molar-refractivity contribution in [3.8, 4) is 0 Å². The summed E-state index contributed by atoms with van der Waals surface area (Å²) >= 11 is 0. The van der Waals surface area contributed by atoms with Gasteiger partial charge in [0.15, 0.2) is 0 Å². The number of primary amides is 1. The molecule has 0 bridgehead atoms. The number of hydrogen-bond acceptors (Lipinski definition) is 4.